The SMILES string of the molecule is O=[N+]([O-])c1ccc(NCCCc2ncn[nH]2)cc1I. The molecule has 0 spiro atoms. The number of halogens is 1. The van der Waals surface area contributed by atoms with E-state index in [4.69, 9.17) is 0 Å². The molecule has 0 fully saturated rings. The molecule has 0 atom stereocenters. The fourth-order valence-electron chi connectivity index (χ4n) is 1.60. The number of nitrogens with zero attached hydrogens (tertiary/aromatic N) is 3. The van der Waals surface area contributed by atoms with Gasteiger partial charge in [-0.05, 0) is 41.1 Å². The van der Waals surface area contributed by atoms with Gasteiger partial charge in [0.15, 0.2) is 0 Å². The van der Waals surface area contributed by atoms with E-state index in [2.05, 4.69) is 20.5 Å². The van der Waals surface area contributed by atoms with Crippen molar-refractivity contribution < 1.29 is 4.92 Å². The molecule has 8 heteroatoms. The molecule has 1 heterocycles. The molecule has 0 bridgehead atoms. The Bertz CT molecular complexity index is 558. The van der Waals surface area contributed by atoms with Crippen molar-refractivity contribution in [1.82, 2.24) is 15.2 Å². The summed E-state index contributed by atoms with van der Waals surface area (Å²) in [6.45, 7) is 0.772. The van der Waals surface area contributed by atoms with Gasteiger partial charge in [0.1, 0.15) is 12.2 Å². The van der Waals surface area contributed by atoms with Crippen LogP contribution >= 0.6 is 22.6 Å². The molecule has 0 aliphatic heterocycles. The number of hydrogen-bond donors (Lipinski definition) is 2. The van der Waals surface area contributed by atoms with E-state index in [9.17, 15) is 10.1 Å². The summed E-state index contributed by atoms with van der Waals surface area (Å²) in [6, 6.07) is 5.00. The first kappa shape index (κ1) is 13.7. The molecular formula is C11H12IN5O2. The molecule has 0 saturated carbocycles. The molecular weight excluding hydrogens is 361 g/mol. The predicted octanol–water partition coefficient (Wildman–Crippen LogP) is 2.36. The lowest BCUT2D eigenvalue weighted by molar-refractivity contribution is -0.385. The molecule has 1 aromatic carbocycles. The van der Waals surface area contributed by atoms with E-state index < -0.39 is 0 Å². The van der Waals surface area contributed by atoms with Gasteiger partial charge in [-0.25, -0.2) is 4.98 Å². The van der Waals surface area contributed by atoms with Gasteiger partial charge in [-0.3, -0.25) is 15.2 Å². The number of aromatic nitrogens is 3. The highest BCUT2D eigenvalue weighted by atomic mass is 127. The Morgan fingerprint density at radius 2 is 2.32 bits per heavy atom. The third kappa shape index (κ3) is 3.88. The van der Waals surface area contributed by atoms with Crippen LogP contribution in [0.25, 0.3) is 0 Å². The highest BCUT2D eigenvalue weighted by Crippen LogP contribution is 2.24. The fourth-order valence-corrected chi connectivity index (χ4v) is 2.32. The van der Waals surface area contributed by atoms with E-state index >= 15 is 0 Å². The fraction of sp³-hybridized carbons (Fsp3) is 0.273. The van der Waals surface area contributed by atoms with Gasteiger partial charge in [0.2, 0.25) is 0 Å². The summed E-state index contributed by atoms with van der Waals surface area (Å²) in [6.07, 6.45) is 3.21. The van der Waals surface area contributed by atoms with Crippen LogP contribution in [0.15, 0.2) is 24.5 Å². The number of H-pyrrole nitrogens is 1. The van der Waals surface area contributed by atoms with E-state index in [-0.39, 0.29) is 10.6 Å². The second-order valence-electron chi connectivity index (χ2n) is 3.89. The van der Waals surface area contributed by atoms with Crippen molar-refractivity contribution >= 4 is 34.0 Å². The molecule has 2 N–H and O–H groups in total. The molecule has 2 rings (SSSR count). The minimum absolute atomic E-state index is 0.132. The van der Waals surface area contributed by atoms with Crippen molar-refractivity contribution in [3.63, 3.8) is 0 Å². The maximum absolute atomic E-state index is 10.7. The van der Waals surface area contributed by atoms with Gasteiger partial charge < -0.3 is 5.32 Å². The topological polar surface area (TPSA) is 96.7 Å². The van der Waals surface area contributed by atoms with Gasteiger partial charge in [-0.15, -0.1) is 0 Å². The Kier molecular flexibility index (Phi) is 4.66. The quantitative estimate of drug-likeness (QED) is 0.351. The first-order valence-electron chi connectivity index (χ1n) is 5.69. The number of aryl methyl sites for hydroxylation is 1. The van der Waals surface area contributed by atoms with Crippen LogP contribution < -0.4 is 5.32 Å². The number of anilines is 1. The van der Waals surface area contributed by atoms with E-state index in [1.165, 1.54) is 12.4 Å². The normalized spacial score (nSPS) is 10.4. The van der Waals surface area contributed by atoms with Crippen LogP contribution in [0.4, 0.5) is 11.4 Å². The third-order valence-electron chi connectivity index (χ3n) is 2.53. The first-order valence-corrected chi connectivity index (χ1v) is 6.77. The second-order valence-corrected chi connectivity index (χ2v) is 5.05. The van der Waals surface area contributed by atoms with Crippen molar-refractivity contribution in [3.05, 3.63) is 44.0 Å². The largest absolute Gasteiger partial charge is 0.385 e. The zero-order valence-corrected chi connectivity index (χ0v) is 12.1. The Morgan fingerprint density at radius 3 is 2.95 bits per heavy atom. The lowest BCUT2D eigenvalue weighted by Crippen LogP contribution is -2.04. The summed E-state index contributed by atoms with van der Waals surface area (Å²) in [5.41, 5.74) is 1.01. The molecule has 0 unspecified atom stereocenters. The van der Waals surface area contributed by atoms with Crippen molar-refractivity contribution in [2.75, 3.05) is 11.9 Å². The summed E-state index contributed by atoms with van der Waals surface area (Å²) in [4.78, 5) is 14.3. The van der Waals surface area contributed by atoms with Crippen LogP contribution in [0.3, 0.4) is 0 Å². The molecule has 0 saturated heterocycles. The summed E-state index contributed by atoms with van der Waals surface area (Å²) in [5.74, 6) is 0.861. The van der Waals surface area contributed by atoms with Crippen molar-refractivity contribution in [3.8, 4) is 0 Å². The van der Waals surface area contributed by atoms with Gasteiger partial charge in [0, 0.05) is 24.7 Å². The summed E-state index contributed by atoms with van der Waals surface area (Å²) in [5, 5.41) is 20.5. The van der Waals surface area contributed by atoms with Crippen LogP contribution in [0, 0.1) is 13.7 Å². The summed E-state index contributed by atoms with van der Waals surface area (Å²) >= 11 is 1.97. The van der Waals surface area contributed by atoms with Crippen molar-refractivity contribution in [2.24, 2.45) is 0 Å². The van der Waals surface area contributed by atoms with Crippen molar-refractivity contribution in [1.29, 1.82) is 0 Å². The zero-order valence-electron chi connectivity index (χ0n) is 9.97. The van der Waals surface area contributed by atoms with E-state index in [0.29, 0.717) is 3.57 Å². The van der Waals surface area contributed by atoms with Crippen LogP contribution in [0.1, 0.15) is 12.2 Å². The van der Waals surface area contributed by atoms with E-state index in [0.717, 1.165) is 30.9 Å². The second kappa shape index (κ2) is 6.45. The number of nitrogens with one attached hydrogen (secondary N) is 2. The standard InChI is InChI=1S/C11H12IN5O2/c12-9-6-8(3-4-10(9)17(18)19)13-5-1-2-11-14-7-15-16-11/h3-4,6-7,13H,1-2,5H2,(H,14,15,16). The van der Waals surface area contributed by atoms with Gasteiger partial charge in [-0.1, -0.05) is 0 Å². The molecule has 19 heavy (non-hydrogen) atoms. The average molecular weight is 373 g/mol. The number of nitro groups is 1. The number of nitro benzene ring substituents is 1. The number of aromatic amines is 1. The highest BCUT2D eigenvalue weighted by molar-refractivity contribution is 14.1. The average Bonchev–Trinajstić information content (AvgIpc) is 2.87. The maximum Gasteiger partial charge on any atom is 0.282 e. The van der Waals surface area contributed by atoms with Gasteiger partial charge in [-0.2, -0.15) is 5.10 Å². The first-order chi connectivity index (χ1) is 9.16. The van der Waals surface area contributed by atoms with E-state index in [1.807, 2.05) is 22.6 Å². The molecule has 0 radical (unpaired) electrons. The lowest BCUT2D eigenvalue weighted by atomic mass is 10.2. The molecule has 0 aliphatic carbocycles. The monoisotopic (exact) mass is 373 g/mol. The lowest BCUT2D eigenvalue weighted by Gasteiger charge is -2.06. The zero-order chi connectivity index (χ0) is 13.7. The molecule has 0 amide bonds. The van der Waals surface area contributed by atoms with Crippen molar-refractivity contribution in [2.45, 2.75) is 12.8 Å². The molecule has 1 aromatic heterocycles. The van der Waals surface area contributed by atoms with E-state index in [1.54, 1.807) is 12.1 Å². The smallest absolute Gasteiger partial charge is 0.282 e. The van der Waals surface area contributed by atoms with Gasteiger partial charge in [0.25, 0.3) is 5.69 Å². The van der Waals surface area contributed by atoms with Crippen LogP contribution in [0.2, 0.25) is 0 Å². The number of benzene rings is 1. The van der Waals surface area contributed by atoms with Crippen LogP contribution in [0.5, 0.6) is 0 Å². The van der Waals surface area contributed by atoms with Crippen LogP contribution in [-0.2, 0) is 6.42 Å². The molecule has 0 aliphatic rings. The Labute approximate surface area is 123 Å². The Morgan fingerprint density at radius 1 is 1.47 bits per heavy atom. The minimum Gasteiger partial charge on any atom is -0.385 e. The number of hydrogen-bond acceptors (Lipinski definition) is 5. The Balaban J connectivity index is 1.83. The molecule has 2 aromatic rings. The third-order valence-corrected chi connectivity index (χ3v) is 3.39. The Hall–Kier alpha value is -1.71. The molecule has 100 valence electrons. The summed E-state index contributed by atoms with van der Waals surface area (Å²) in [7, 11) is 0. The van der Waals surface area contributed by atoms with Gasteiger partial charge in [0.05, 0.1) is 8.49 Å². The van der Waals surface area contributed by atoms with Crippen LogP contribution in [-0.4, -0.2) is 26.6 Å². The predicted molar refractivity (Wildman–Crippen MR) is 79.0 cm³/mol. The maximum atomic E-state index is 10.7. The number of rotatable bonds is 6. The highest BCUT2D eigenvalue weighted by Gasteiger charge is 2.11. The minimum atomic E-state index is -0.380. The summed E-state index contributed by atoms with van der Waals surface area (Å²) < 4.78 is 0.628. The van der Waals surface area contributed by atoms with Gasteiger partial charge >= 0.3 is 0 Å². The molecule has 7 nitrogen and oxygen atoms in total.